The van der Waals surface area contributed by atoms with Crippen LogP contribution in [0.3, 0.4) is 0 Å². The van der Waals surface area contributed by atoms with Crippen molar-refractivity contribution in [1.82, 2.24) is 0 Å². The van der Waals surface area contributed by atoms with Crippen molar-refractivity contribution in [2.75, 3.05) is 5.32 Å². The van der Waals surface area contributed by atoms with Crippen LogP contribution in [0.2, 0.25) is 0 Å². The second kappa shape index (κ2) is 6.30. The molecule has 0 amide bonds. The van der Waals surface area contributed by atoms with Gasteiger partial charge in [-0.2, -0.15) is 0 Å². The molecule has 6 heteroatoms. The van der Waals surface area contributed by atoms with Gasteiger partial charge in [-0.1, -0.05) is 31.2 Å². The van der Waals surface area contributed by atoms with E-state index in [1.807, 2.05) is 31.2 Å². The van der Waals surface area contributed by atoms with Crippen molar-refractivity contribution in [1.29, 1.82) is 0 Å². The highest BCUT2D eigenvalue weighted by molar-refractivity contribution is 5.62. The summed E-state index contributed by atoms with van der Waals surface area (Å²) in [4.78, 5) is 10.2. The van der Waals surface area contributed by atoms with Crippen LogP contribution in [0.5, 0.6) is 0 Å². The van der Waals surface area contributed by atoms with Crippen LogP contribution in [0.1, 0.15) is 18.1 Å². The van der Waals surface area contributed by atoms with Crippen LogP contribution >= 0.6 is 0 Å². The van der Waals surface area contributed by atoms with E-state index in [9.17, 15) is 18.9 Å². The molecule has 0 saturated carbocycles. The Balaban J connectivity index is 2.31. The topological polar surface area (TPSA) is 55.2 Å². The average molecular weight is 292 g/mol. The molecule has 0 unspecified atom stereocenters. The maximum absolute atomic E-state index is 13.8. The number of halogens is 2. The van der Waals surface area contributed by atoms with Crippen LogP contribution in [0.4, 0.5) is 20.2 Å². The molecule has 2 aromatic carbocycles. The van der Waals surface area contributed by atoms with Crippen molar-refractivity contribution < 1.29 is 13.7 Å². The molecule has 0 aliphatic heterocycles. The Morgan fingerprint density at radius 2 is 1.81 bits per heavy atom. The molecule has 0 aliphatic rings. The minimum absolute atomic E-state index is 0.186. The summed E-state index contributed by atoms with van der Waals surface area (Å²) in [7, 11) is 0. The highest BCUT2D eigenvalue weighted by atomic mass is 19.2. The van der Waals surface area contributed by atoms with Crippen molar-refractivity contribution in [3.63, 3.8) is 0 Å². The average Bonchev–Trinajstić information content (AvgIpc) is 2.48. The normalized spacial score (nSPS) is 10.4. The van der Waals surface area contributed by atoms with E-state index in [1.165, 1.54) is 0 Å². The first kappa shape index (κ1) is 14.9. The number of hydrogen-bond acceptors (Lipinski definition) is 3. The Labute approximate surface area is 120 Å². The van der Waals surface area contributed by atoms with Crippen LogP contribution < -0.4 is 5.32 Å². The predicted molar refractivity (Wildman–Crippen MR) is 76.2 cm³/mol. The Morgan fingerprint density at radius 3 is 2.43 bits per heavy atom. The quantitative estimate of drug-likeness (QED) is 0.668. The van der Waals surface area contributed by atoms with Crippen LogP contribution in [0.15, 0.2) is 36.4 Å². The molecule has 110 valence electrons. The van der Waals surface area contributed by atoms with Gasteiger partial charge >= 0.3 is 0 Å². The lowest BCUT2D eigenvalue weighted by atomic mass is 10.1. The Bertz CT molecular complexity index is 675. The minimum atomic E-state index is -1.24. The minimum Gasteiger partial charge on any atom is -0.373 e. The van der Waals surface area contributed by atoms with Crippen LogP contribution in [-0.2, 0) is 13.0 Å². The molecule has 0 atom stereocenters. The van der Waals surface area contributed by atoms with Crippen molar-refractivity contribution in [3.05, 3.63) is 69.3 Å². The summed E-state index contributed by atoms with van der Waals surface area (Å²) in [6, 6.07) is 9.17. The number of hydrogen-bond donors (Lipinski definition) is 1. The molecule has 0 aromatic heterocycles. The number of nitro groups is 1. The highest BCUT2D eigenvalue weighted by Crippen LogP contribution is 2.29. The van der Waals surface area contributed by atoms with Gasteiger partial charge in [0.05, 0.1) is 4.92 Å². The zero-order valence-corrected chi connectivity index (χ0v) is 11.4. The molecule has 0 heterocycles. The smallest absolute Gasteiger partial charge is 0.295 e. The molecule has 21 heavy (non-hydrogen) atoms. The summed E-state index contributed by atoms with van der Waals surface area (Å²) in [6.45, 7) is 2.16. The summed E-state index contributed by atoms with van der Waals surface area (Å²) in [6.07, 6.45) is 0.783. The third-order valence-corrected chi connectivity index (χ3v) is 3.22. The van der Waals surface area contributed by atoms with Gasteiger partial charge in [0.25, 0.3) is 5.69 Å². The van der Waals surface area contributed by atoms with Crippen molar-refractivity contribution in [2.24, 2.45) is 0 Å². The number of nitrogens with zero attached hydrogens (tertiary/aromatic N) is 1. The van der Waals surface area contributed by atoms with Gasteiger partial charge in [0.1, 0.15) is 0 Å². The molecule has 4 nitrogen and oxygen atoms in total. The SMILES string of the molecule is CCc1ccccc1CNc1c([N+](=O)[O-])ccc(F)c1F. The lowest BCUT2D eigenvalue weighted by Crippen LogP contribution is -2.07. The Hall–Kier alpha value is -2.50. The summed E-state index contributed by atoms with van der Waals surface area (Å²) in [5.74, 6) is -2.36. The lowest BCUT2D eigenvalue weighted by Gasteiger charge is -2.11. The first-order valence-corrected chi connectivity index (χ1v) is 6.47. The number of aryl methyl sites for hydroxylation is 1. The molecule has 0 fully saturated rings. The van der Waals surface area contributed by atoms with Gasteiger partial charge in [0, 0.05) is 12.6 Å². The lowest BCUT2D eigenvalue weighted by molar-refractivity contribution is -0.384. The van der Waals surface area contributed by atoms with Gasteiger partial charge in [-0.05, 0) is 23.6 Å². The second-order valence-electron chi connectivity index (χ2n) is 4.49. The van der Waals surface area contributed by atoms with Gasteiger partial charge in [-0.25, -0.2) is 8.78 Å². The monoisotopic (exact) mass is 292 g/mol. The van der Waals surface area contributed by atoms with E-state index in [0.29, 0.717) is 0 Å². The van der Waals surface area contributed by atoms with E-state index in [2.05, 4.69) is 5.32 Å². The molecule has 1 N–H and O–H groups in total. The number of nitrogens with one attached hydrogen (secondary N) is 1. The van der Waals surface area contributed by atoms with E-state index in [1.54, 1.807) is 0 Å². The first-order valence-electron chi connectivity index (χ1n) is 6.47. The standard InChI is InChI=1S/C15H14F2N2O2/c1-2-10-5-3-4-6-11(10)9-18-15-13(19(20)21)8-7-12(16)14(15)17/h3-8,18H,2,9H2,1H3. The first-order chi connectivity index (χ1) is 10.0. The number of benzene rings is 2. The zero-order chi connectivity index (χ0) is 15.4. The van der Waals surface area contributed by atoms with E-state index in [4.69, 9.17) is 0 Å². The maximum atomic E-state index is 13.8. The summed E-state index contributed by atoms with van der Waals surface area (Å²) < 4.78 is 27.0. The van der Waals surface area contributed by atoms with Gasteiger partial charge in [-0.15, -0.1) is 0 Å². The fourth-order valence-corrected chi connectivity index (χ4v) is 2.12. The molecule has 2 aromatic rings. The third kappa shape index (κ3) is 3.16. The van der Waals surface area contributed by atoms with E-state index in [-0.39, 0.29) is 6.54 Å². The van der Waals surface area contributed by atoms with E-state index < -0.39 is 27.9 Å². The third-order valence-electron chi connectivity index (χ3n) is 3.22. The number of rotatable bonds is 5. The summed E-state index contributed by atoms with van der Waals surface area (Å²) in [5, 5.41) is 13.5. The molecule has 2 rings (SSSR count). The molecular formula is C15H14F2N2O2. The molecule has 0 aliphatic carbocycles. The number of anilines is 1. The molecule has 0 bridgehead atoms. The highest BCUT2D eigenvalue weighted by Gasteiger charge is 2.21. The van der Waals surface area contributed by atoms with Gasteiger partial charge < -0.3 is 5.32 Å². The largest absolute Gasteiger partial charge is 0.373 e. The molecule has 0 radical (unpaired) electrons. The van der Waals surface area contributed by atoms with E-state index >= 15 is 0 Å². The van der Waals surface area contributed by atoms with E-state index in [0.717, 1.165) is 29.7 Å². The van der Waals surface area contributed by atoms with Gasteiger partial charge in [-0.3, -0.25) is 10.1 Å². The summed E-state index contributed by atoms with van der Waals surface area (Å²) in [5.41, 5.74) is 1.02. The van der Waals surface area contributed by atoms with Crippen LogP contribution in [0.25, 0.3) is 0 Å². The second-order valence-corrected chi connectivity index (χ2v) is 4.49. The van der Waals surface area contributed by atoms with Crippen molar-refractivity contribution in [3.8, 4) is 0 Å². The summed E-state index contributed by atoms with van der Waals surface area (Å²) >= 11 is 0. The van der Waals surface area contributed by atoms with Gasteiger partial charge in [0.15, 0.2) is 17.3 Å². The molecule has 0 saturated heterocycles. The van der Waals surface area contributed by atoms with Crippen molar-refractivity contribution in [2.45, 2.75) is 19.9 Å². The van der Waals surface area contributed by atoms with Gasteiger partial charge in [0.2, 0.25) is 0 Å². The molecule has 0 spiro atoms. The van der Waals surface area contributed by atoms with Crippen molar-refractivity contribution >= 4 is 11.4 Å². The fraction of sp³-hybridized carbons (Fsp3) is 0.200. The Kier molecular flexibility index (Phi) is 4.47. The van der Waals surface area contributed by atoms with Crippen LogP contribution in [0, 0.1) is 21.7 Å². The fourth-order valence-electron chi connectivity index (χ4n) is 2.12. The van der Waals surface area contributed by atoms with Crippen LogP contribution in [-0.4, -0.2) is 4.92 Å². The number of nitro benzene ring substituents is 1. The molecular weight excluding hydrogens is 278 g/mol. The Morgan fingerprint density at radius 1 is 1.14 bits per heavy atom. The predicted octanol–water partition coefficient (Wildman–Crippen LogP) is 4.05. The zero-order valence-electron chi connectivity index (χ0n) is 11.4. The maximum Gasteiger partial charge on any atom is 0.295 e.